The van der Waals surface area contributed by atoms with Gasteiger partial charge in [-0.25, -0.2) is 9.18 Å². The van der Waals surface area contributed by atoms with Crippen LogP contribution in [0.15, 0.2) is 21.9 Å². The second-order valence-corrected chi connectivity index (χ2v) is 3.70. The first-order valence-corrected chi connectivity index (χ1v) is 4.94. The maximum Gasteiger partial charge on any atom is 0.330 e. The summed E-state index contributed by atoms with van der Waals surface area (Å²) >= 11 is 0. The highest BCUT2D eigenvalue weighted by Gasteiger charge is 2.45. The smallest absolute Gasteiger partial charge is 0.330 e. The van der Waals surface area contributed by atoms with E-state index in [4.69, 9.17) is 9.84 Å². The minimum Gasteiger partial charge on any atom is -0.394 e. The van der Waals surface area contributed by atoms with Crippen LogP contribution in [0, 0.1) is 0 Å². The van der Waals surface area contributed by atoms with Gasteiger partial charge in [0, 0.05) is 12.3 Å². The van der Waals surface area contributed by atoms with Gasteiger partial charge in [-0.1, -0.05) is 0 Å². The van der Waals surface area contributed by atoms with E-state index >= 15 is 0 Å². The summed E-state index contributed by atoms with van der Waals surface area (Å²) in [5.41, 5.74) is -1.45. The number of nitrogens with zero attached hydrogens (tertiary/aromatic N) is 1. The van der Waals surface area contributed by atoms with Crippen molar-refractivity contribution in [3.05, 3.63) is 33.1 Å². The number of aliphatic hydroxyl groups is 2. The van der Waals surface area contributed by atoms with Gasteiger partial charge in [-0.3, -0.25) is 14.3 Å². The molecule has 1 aromatic heterocycles. The molecule has 1 aromatic rings. The van der Waals surface area contributed by atoms with Crippen molar-refractivity contribution in [2.24, 2.45) is 0 Å². The SMILES string of the molecule is O=c1ccn(C2O[C@H](CO)C(O)[C@H]2F)c(=O)[nH]1. The number of alkyl halides is 1. The molecule has 2 heterocycles. The van der Waals surface area contributed by atoms with Gasteiger partial charge >= 0.3 is 5.69 Å². The Balaban J connectivity index is 2.35. The number of hydrogen-bond donors (Lipinski definition) is 3. The number of hydrogen-bond acceptors (Lipinski definition) is 5. The molecule has 0 saturated carbocycles. The molecule has 8 heteroatoms. The number of ether oxygens (including phenoxy) is 1. The van der Waals surface area contributed by atoms with Crippen molar-refractivity contribution in [1.29, 1.82) is 0 Å². The Hall–Kier alpha value is -1.51. The minimum atomic E-state index is -1.85. The topological polar surface area (TPSA) is 105 Å². The van der Waals surface area contributed by atoms with Crippen molar-refractivity contribution in [3.8, 4) is 0 Å². The molecule has 94 valence electrons. The second kappa shape index (κ2) is 4.40. The first-order valence-electron chi connectivity index (χ1n) is 4.94. The standard InChI is InChI=1S/C9H11FN2O5/c10-6-7(15)4(3-13)17-8(6)12-2-1-5(14)11-9(12)16/h1-2,4,6-8,13,15H,3H2,(H,11,14,16)/t4-,6-,7?,8?/m1/s1. The molecule has 1 saturated heterocycles. The van der Waals surface area contributed by atoms with Gasteiger partial charge < -0.3 is 14.9 Å². The summed E-state index contributed by atoms with van der Waals surface area (Å²) < 4.78 is 19.5. The molecule has 0 aromatic carbocycles. The van der Waals surface area contributed by atoms with Crippen LogP contribution in [0.2, 0.25) is 0 Å². The van der Waals surface area contributed by atoms with Crippen LogP contribution in [0.3, 0.4) is 0 Å². The van der Waals surface area contributed by atoms with Gasteiger partial charge in [-0.15, -0.1) is 0 Å². The van der Waals surface area contributed by atoms with E-state index in [9.17, 15) is 19.1 Å². The number of halogens is 1. The van der Waals surface area contributed by atoms with Gasteiger partial charge in [0.05, 0.1) is 6.61 Å². The largest absolute Gasteiger partial charge is 0.394 e. The maximum absolute atomic E-state index is 13.6. The lowest BCUT2D eigenvalue weighted by molar-refractivity contribution is -0.0491. The predicted molar refractivity (Wildman–Crippen MR) is 53.2 cm³/mol. The average Bonchev–Trinajstić information content (AvgIpc) is 2.57. The zero-order valence-electron chi connectivity index (χ0n) is 8.62. The molecular weight excluding hydrogens is 235 g/mol. The number of aromatic nitrogens is 2. The van der Waals surface area contributed by atoms with Gasteiger partial charge in [0.1, 0.15) is 12.2 Å². The van der Waals surface area contributed by atoms with E-state index in [0.717, 1.165) is 16.8 Å². The van der Waals surface area contributed by atoms with Gasteiger partial charge in [0.25, 0.3) is 5.56 Å². The van der Waals surface area contributed by atoms with Crippen molar-refractivity contribution in [2.45, 2.75) is 24.6 Å². The van der Waals surface area contributed by atoms with E-state index in [2.05, 4.69) is 0 Å². The molecule has 0 amide bonds. The molecule has 3 N–H and O–H groups in total. The molecule has 1 fully saturated rings. The summed E-state index contributed by atoms with van der Waals surface area (Å²) in [7, 11) is 0. The first kappa shape index (κ1) is 12.0. The number of rotatable bonds is 2. The molecule has 0 spiro atoms. The lowest BCUT2D eigenvalue weighted by Crippen LogP contribution is -2.35. The lowest BCUT2D eigenvalue weighted by atomic mass is 10.1. The highest BCUT2D eigenvalue weighted by Crippen LogP contribution is 2.30. The van der Waals surface area contributed by atoms with Gasteiger partial charge in [-0.2, -0.15) is 0 Å². The third-order valence-corrected chi connectivity index (χ3v) is 2.60. The van der Waals surface area contributed by atoms with Gasteiger partial charge in [-0.05, 0) is 0 Å². The molecule has 1 aliphatic heterocycles. The Morgan fingerprint density at radius 3 is 2.76 bits per heavy atom. The second-order valence-electron chi connectivity index (χ2n) is 3.70. The summed E-state index contributed by atoms with van der Waals surface area (Å²) in [5.74, 6) is 0. The number of H-pyrrole nitrogens is 1. The Morgan fingerprint density at radius 1 is 1.53 bits per heavy atom. The van der Waals surface area contributed by atoms with Crippen LogP contribution in [0.25, 0.3) is 0 Å². The van der Waals surface area contributed by atoms with Crippen LogP contribution >= 0.6 is 0 Å². The van der Waals surface area contributed by atoms with Crippen LogP contribution < -0.4 is 11.2 Å². The third-order valence-electron chi connectivity index (χ3n) is 2.60. The zero-order chi connectivity index (χ0) is 12.6. The fourth-order valence-electron chi connectivity index (χ4n) is 1.71. The van der Waals surface area contributed by atoms with Crippen LogP contribution in [-0.2, 0) is 4.74 Å². The molecule has 4 atom stereocenters. The van der Waals surface area contributed by atoms with E-state index in [1.54, 1.807) is 0 Å². The highest BCUT2D eigenvalue weighted by molar-refractivity contribution is 4.93. The van der Waals surface area contributed by atoms with Gasteiger partial charge in [0.2, 0.25) is 0 Å². The molecule has 0 radical (unpaired) electrons. The normalized spacial score (nSPS) is 32.9. The minimum absolute atomic E-state index is 0.559. The first-order chi connectivity index (χ1) is 8.04. The van der Waals surface area contributed by atoms with Gasteiger partial charge in [0.15, 0.2) is 12.4 Å². The van der Waals surface area contributed by atoms with E-state index < -0.39 is 42.5 Å². The number of aliphatic hydroxyl groups excluding tert-OH is 2. The van der Waals surface area contributed by atoms with Crippen molar-refractivity contribution in [2.75, 3.05) is 6.61 Å². The van der Waals surface area contributed by atoms with Crippen LogP contribution in [0.4, 0.5) is 4.39 Å². The Morgan fingerprint density at radius 2 is 2.24 bits per heavy atom. The van der Waals surface area contributed by atoms with E-state index in [-0.39, 0.29) is 0 Å². The quantitative estimate of drug-likeness (QED) is 0.567. The van der Waals surface area contributed by atoms with Crippen molar-refractivity contribution >= 4 is 0 Å². The fourth-order valence-corrected chi connectivity index (χ4v) is 1.71. The van der Waals surface area contributed by atoms with Crippen LogP contribution in [0.1, 0.15) is 6.23 Å². The Labute approximate surface area is 94.1 Å². The maximum atomic E-state index is 13.6. The third kappa shape index (κ3) is 2.02. The lowest BCUT2D eigenvalue weighted by Gasteiger charge is -2.15. The van der Waals surface area contributed by atoms with Crippen molar-refractivity contribution in [1.82, 2.24) is 9.55 Å². The molecule has 17 heavy (non-hydrogen) atoms. The molecular formula is C9H11FN2O5. The average molecular weight is 246 g/mol. The van der Waals surface area contributed by atoms with E-state index in [1.807, 2.05) is 4.98 Å². The fraction of sp³-hybridized carbons (Fsp3) is 0.556. The molecule has 0 bridgehead atoms. The molecule has 1 aliphatic rings. The summed E-state index contributed by atoms with van der Waals surface area (Å²) in [5, 5.41) is 18.2. The highest BCUT2D eigenvalue weighted by atomic mass is 19.1. The molecule has 0 aliphatic carbocycles. The van der Waals surface area contributed by atoms with Crippen LogP contribution in [-0.4, -0.2) is 44.8 Å². The van der Waals surface area contributed by atoms with E-state index in [1.165, 1.54) is 0 Å². The molecule has 7 nitrogen and oxygen atoms in total. The Bertz CT molecular complexity index is 513. The Kier molecular flexibility index (Phi) is 3.09. The zero-order valence-corrected chi connectivity index (χ0v) is 8.62. The monoisotopic (exact) mass is 246 g/mol. The molecule has 2 rings (SSSR count). The summed E-state index contributed by atoms with van der Waals surface area (Å²) in [4.78, 5) is 24.2. The van der Waals surface area contributed by atoms with Crippen molar-refractivity contribution in [3.63, 3.8) is 0 Å². The summed E-state index contributed by atoms with van der Waals surface area (Å²) in [6, 6.07) is 1.04. The van der Waals surface area contributed by atoms with E-state index in [0.29, 0.717) is 0 Å². The number of nitrogens with one attached hydrogen (secondary N) is 1. The van der Waals surface area contributed by atoms with Crippen molar-refractivity contribution < 1.29 is 19.3 Å². The molecule has 2 unspecified atom stereocenters. The number of aromatic amines is 1. The van der Waals surface area contributed by atoms with Crippen LogP contribution in [0.5, 0.6) is 0 Å². The predicted octanol–water partition coefficient (Wildman–Crippen LogP) is -1.87. The summed E-state index contributed by atoms with van der Waals surface area (Å²) in [6.07, 6.45) is -4.73. The summed E-state index contributed by atoms with van der Waals surface area (Å²) in [6.45, 7) is -0.559.